The van der Waals surface area contributed by atoms with Crippen molar-refractivity contribution in [2.24, 2.45) is 7.05 Å². The monoisotopic (exact) mass is 427 g/mol. The number of carbonyl (C=O) groups excluding carboxylic acids is 1. The standard InChI is InChI=1S/C19H14F5N3OS/c1-27-10-14(16(26-27)17(20)21)18(28)25-15-5-3-2-4-13(15)11-6-8-12(9-7-11)29-19(22,23)24/h2-10,17H,1H3,(H,25,28). The van der Waals surface area contributed by atoms with Gasteiger partial charge in [-0.1, -0.05) is 30.3 Å². The van der Waals surface area contributed by atoms with Gasteiger partial charge in [-0.3, -0.25) is 9.48 Å². The van der Waals surface area contributed by atoms with Crippen molar-refractivity contribution in [3.8, 4) is 11.1 Å². The molecule has 1 heterocycles. The molecular weight excluding hydrogens is 413 g/mol. The molecule has 152 valence electrons. The summed E-state index contributed by atoms with van der Waals surface area (Å²) in [5, 5.41) is 6.18. The van der Waals surface area contributed by atoms with E-state index in [1.165, 1.54) is 37.5 Å². The predicted molar refractivity (Wildman–Crippen MR) is 99.9 cm³/mol. The third-order valence-electron chi connectivity index (χ3n) is 3.88. The summed E-state index contributed by atoms with van der Waals surface area (Å²) in [7, 11) is 1.43. The molecule has 4 nitrogen and oxygen atoms in total. The van der Waals surface area contributed by atoms with Gasteiger partial charge in [0.05, 0.1) is 5.56 Å². The van der Waals surface area contributed by atoms with Gasteiger partial charge in [-0.25, -0.2) is 8.78 Å². The molecule has 0 spiro atoms. The molecule has 10 heteroatoms. The second-order valence-electron chi connectivity index (χ2n) is 5.97. The SMILES string of the molecule is Cn1cc(C(=O)Nc2ccccc2-c2ccc(SC(F)(F)F)cc2)c(C(F)F)n1. The Morgan fingerprint density at radius 2 is 1.76 bits per heavy atom. The molecule has 1 amide bonds. The number of nitrogens with zero attached hydrogens (tertiary/aromatic N) is 2. The van der Waals surface area contributed by atoms with E-state index in [1.807, 2.05) is 0 Å². The van der Waals surface area contributed by atoms with Gasteiger partial charge in [-0.15, -0.1) is 0 Å². The molecule has 1 N–H and O–H groups in total. The van der Waals surface area contributed by atoms with E-state index in [0.717, 1.165) is 4.68 Å². The number of hydrogen-bond acceptors (Lipinski definition) is 3. The lowest BCUT2D eigenvalue weighted by Crippen LogP contribution is -2.14. The molecule has 0 saturated carbocycles. The van der Waals surface area contributed by atoms with Crippen molar-refractivity contribution < 1.29 is 26.7 Å². The van der Waals surface area contributed by atoms with Crippen molar-refractivity contribution >= 4 is 23.4 Å². The molecule has 3 aromatic rings. The maximum absolute atomic E-state index is 13.1. The Balaban J connectivity index is 1.87. The summed E-state index contributed by atoms with van der Waals surface area (Å²) in [4.78, 5) is 12.5. The van der Waals surface area contributed by atoms with Crippen LogP contribution in [0.5, 0.6) is 0 Å². The normalized spacial score (nSPS) is 11.7. The van der Waals surface area contributed by atoms with Crippen molar-refractivity contribution in [1.29, 1.82) is 0 Å². The minimum atomic E-state index is -4.39. The molecule has 29 heavy (non-hydrogen) atoms. The van der Waals surface area contributed by atoms with Crippen LogP contribution in [0.25, 0.3) is 11.1 Å². The Morgan fingerprint density at radius 1 is 1.10 bits per heavy atom. The fourth-order valence-corrected chi connectivity index (χ4v) is 3.25. The molecular formula is C19H14F5N3OS. The number of nitrogens with one attached hydrogen (secondary N) is 1. The highest BCUT2D eigenvalue weighted by Crippen LogP contribution is 2.38. The lowest BCUT2D eigenvalue weighted by atomic mass is 10.0. The van der Waals surface area contributed by atoms with Crippen LogP contribution >= 0.6 is 11.8 Å². The number of aryl methyl sites for hydroxylation is 1. The summed E-state index contributed by atoms with van der Waals surface area (Å²) < 4.78 is 64.8. The number of alkyl halides is 5. The zero-order chi connectivity index (χ0) is 21.2. The van der Waals surface area contributed by atoms with Crippen LogP contribution in [0.15, 0.2) is 59.6 Å². The fraction of sp³-hybridized carbons (Fsp3) is 0.158. The molecule has 0 aliphatic rings. The molecule has 2 aromatic carbocycles. The quantitative estimate of drug-likeness (QED) is 0.408. The van der Waals surface area contributed by atoms with E-state index in [2.05, 4.69) is 10.4 Å². The van der Waals surface area contributed by atoms with Crippen LogP contribution in [0.3, 0.4) is 0 Å². The van der Waals surface area contributed by atoms with Crippen molar-refractivity contribution in [3.63, 3.8) is 0 Å². The van der Waals surface area contributed by atoms with E-state index in [0.29, 0.717) is 16.8 Å². The van der Waals surface area contributed by atoms with Crippen LogP contribution in [0.4, 0.5) is 27.6 Å². The number of hydrogen-bond donors (Lipinski definition) is 1. The number of carbonyl (C=O) groups is 1. The Labute approximate surface area is 166 Å². The molecule has 0 unspecified atom stereocenters. The van der Waals surface area contributed by atoms with Crippen LogP contribution in [-0.2, 0) is 7.05 Å². The zero-order valence-electron chi connectivity index (χ0n) is 14.9. The van der Waals surface area contributed by atoms with Crippen LogP contribution in [0, 0.1) is 0 Å². The maximum atomic E-state index is 13.1. The Hall–Kier alpha value is -2.88. The van der Waals surface area contributed by atoms with E-state index in [9.17, 15) is 26.7 Å². The highest BCUT2D eigenvalue weighted by atomic mass is 32.2. The number of para-hydroxylation sites is 1. The van der Waals surface area contributed by atoms with Crippen molar-refractivity contribution in [1.82, 2.24) is 9.78 Å². The molecule has 0 atom stereocenters. The molecule has 3 rings (SSSR count). The van der Waals surface area contributed by atoms with E-state index >= 15 is 0 Å². The van der Waals surface area contributed by atoms with Crippen LogP contribution in [0.2, 0.25) is 0 Å². The van der Waals surface area contributed by atoms with E-state index in [4.69, 9.17) is 0 Å². The largest absolute Gasteiger partial charge is 0.446 e. The zero-order valence-corrected chi connectivity index (χ0v) is 15.7. The number of rotatable bonds is 5. The van der Waals surface area contributed by atoms with Gasteiger partial charge >= 0.3 is 5.51 Å². The lowest BCUT2D eigenvalue weighted by molar-refractivity contribution is -0.0328. The van der Waals surface area contributed by atoms with E-state index in [-0.39, 0.29) is 22.2 Å². The fourth-order valence-electron chi connectivity index (χ4n) is 2.71. The smallest absolute Gasteiger partial charge is 0.321 e. The molecule has 0 fully saturated rings. The minimum absolute atomic E-state index is 0.0275. The number of thioether (sulfide) groups is 1. The second-order valence-corrected chi connectivity index (χ2v) is 7.11. The van der Waals surface area contributed by atoms with Crippen LogP contribution in [-0.4, -0.2) is 21.2 Å². The summed E-state index contributed by atoms with van der Waals surface area (Å²) in [5.74, 6) is -0.759. The summed E-state index contributed by atoms with van der Waals surface area (Å²) >= 11 is -0.227. The third kappa shape index (κ3) is 5.14. The number of benzene rings is 2. The number of amides is 1. The third-order valence-corrected chi connectivity index (χ3v) is 4.62. The van der Waals surface area contributed by atoms with Gasteiger partial charge in [0.15, 0.2) is 0 Å². The average molecular weight is 427 g/mol. The highest BCUT2D eigenvalue weighted by molar-refractivity contribution is 8.00. The Kier molecular flexibility index (Phi) is 5.92. The topological polar surface area (TPSA) is 46.9 Å². The summed E-state index contributed by atoms with van der Waals surface area (Å²) in [5.41, 5.74) is -3.85. The molecule has 0 bridgehead atoms. The summed E-state index contributed by atoms with van der Waals surface area (Å²) in [6, 6.07) is 12.2. The molecule has 0 aliphatic heterocycles. The van der Waals surface area contributed by atoms with Gasteiger partial charge in [-0.2, -0.15) is 18.3 Å². The highest BCUT2D eigenvalue weighted by Gasteiger charge is 2.29. The first-order valence-corrected chi connectivity index (χ1v) is 9.04. The molecule has 1 aromatic heterocycles. The number of halogens is 5. The maximum Gasteiger partial charge on any atom is 0.446 e. The van der Waals surface area contributed by atoms with Gasteiger partial charge < -0.3 is 5.32 Å². The Bertz CT molecular complexity index is 1020. The molecule has 0 aliphatic carbocycles. The van der Waals surface area contributed by atoms with E-state index < -0.39 is 23.5 Å². The van der Waals surface area contributed by atoms with Crippen molar-refractivity contribution in [2.75, 3.05) is 5.32 Å². The van der Waals surface area contributed by atoms with Crippen molar-refractivity contribution in [2.45, 2.75) is 16.8 Å². The van der Waals surface area contributed by atoms with Gasteiger partial charge in [0.2, 0.25) is 0 Å². The van der Waals surface area contributed by atoms with Crippen molar-refractivity contribution in [3.05, 3.63) is 66.0 Å². The van der Waals surface area contributed by atoms with Crippen LogP contribution in [0.1, 0.15) is 22.5 Å². The lowest BCUT2D eigenvalue weighted by Gasteiger charge is -2.12. The first-order chi connectivity index (χ1) is 13.6. The van der Waals surface area contributed by atoms with E-state index in [1.54, 1.807) is 24.3 Å². The van der Waals surface area contributed by atoms with Gasteiger partial charge in [0.1, 0.15) is 5.69 Å². The minimum Gasteiger partial charge on any atom is -0.321 e. The Morgan fingerprint density at radius 3 is 2.38 bits per heavy atom. The number of anilines is 1. The summed E-state index contributed by atoms with van der Waals surface area (Å²) in [6.07, 6.45) is -1.71. The molecule has 0 saturated heterocycles. The van der Waals surface area contributed by atoms with Crippen LogP contribution < -0.4 is 5.32 Å². The average Bonchev–Trinajstić information content (AvgIpc) is 3.04. The van der Waals surface area contributed by atoms with Gasteiger partial charge in [0, 0.05) is 29.4 Å². The van der Waals surface area contributed by atoms with Gasteiger partial charge in [0.25, 0.3) is 12.3 Å². The number of aromatic nitrogens is 2. The first kappa shape index (κ1) is 20.8. The second kappa shape index (κ2) is 8.24. The summed E-state index contributed by atoms with van der Waals surface area (Å²) in [6.45, 7) is 0. The predicted octanol–water partition coefficient (Wildman–Crippen LogP) is 5.89. The molecule has 0 radical (unpaired) electrons. The first-order valence-electron chi connectivity index (χ1n) is 8.22. The van der Waals surface area contributed by atoms with Gasteiger partial charge in [-0.05, 0) is 35.5 Å².